The summed E-state index contributed by atoms with van der Waals surface area (Å²) in [5, 5.41) is 6.48. The molecule has 8 heteroatoms. The molecule has 6 rings (SSSR count). The monoisotopic (exact) mass is 567 g/mol. The van der Waals surface area contributed by atoms with E-state index in [-0.39, 0.29) is 17.6 Å². The van der Waals surface area contributed by atoms with Gasteiger partial charge >= 0.3 is 0 Å². The summed E-state index contributed by atoms with van der Waals surface area (Å²) in [5.74, 6) is 0.401. The van der Waals surface area contributed by atoms with Crippen LogP contribution in [0, 0.1) is 6.92 Å². The summed E-state index contributed by atoms with van der Waals surface area (Å²) in [6.45, 7) is 5.27. The molecule has 0 aliphatic carbocycles. The summed E-state index contributed by atoms with van der Waals surface area (Å²) < 4.78 is 6.43. The number of methoxy groups -OCH3 is 1. The number of carbonyl (C=O) groups excluding carboxylic acids is 3. The van der Waals surface area contributed by atoms with E-state index in [0.717, 1.165) is 51.5 Å². The van der Waals surface area contributed by atoms with E-state index in [4.69, 9.17) is 4.74 Å². The van der Waals surface area contributed by atoms with E-state index < -0.39 is 6.04 Å². The van der Waals surface area contributed by atoms with E-state index in [1.54, 1.807) is 18.4 Å². The number of nitrogens with zero attached hydrogens (tertiary/aromatic N) is 1. The average molecular weight is 568 g/mol. The highest BCUT2D eigenvalue weighted by Gasteiger charge is 2.27. The van der Waals surface area contributed by atoms with Crippen molar-refractivity contribution in [3.63, 3.8) is 0 Å². The van der Waals surface area contributed by atoms with Gasteiger partial charge in [-0.3, -0.25) is 19.3 Å². The number of anilines is 1. The number of carbonyl (C=O) groups is 3. The third kappa shape index (κ3) is 5.62. The summed E-state index contributed by atoms with van der Waals surface area (Å²) in [6, 6.07) is 18.9. The highest BCUT2D eigenvalue weighted by molar-refractivity contribution is 7.22. The van der Waals surface area contributed by atoms with E-state index >= 15 is 0 Å². The van der Waals surface area contributed by atoms with Gasteiger partial charge < -0.3 is 15.4 Å². The van der Waals surface area contributed by atoms with Crippen LogP contribution >= 0.6 is 11.3 Å². The predicted molar refractivity (Wildman–Crippen MR) is 163 cm³/mol. The van der Waals surface area contributed by atoms with Crippen LogP contribution in [0.15, 0.2) is 60.7 Å². The van der Waals surface area contributed by atoms with Crippen molar-refractivity contribution in [2.75, 3.05) is 25.5 Å². The summed E-state index contributed by atoms with van der Waals surface area (Å²) in [4.78, 5) is 41.5. The summed E-state index contributed by atoms with van der Waals surface area (Å²) in [7, 11) is 1.64. The van der Waals surface area contributed by atoms with Gasteiger partial charge in [0.2, 0.25) is 11.8 Å². The van der Waals surface area contributed by atoms with Gasteiger partial charge in [0.25, 0.3) is 0 Å². The van der Waals surface area contributed by atoms with Crippen molar-refractivity contribution in [1.29, 1.82) is 0 Å². The van der Waals surface area contributed by atoms with Gasteiger partial charge in [0, 0.05) is 44.7 Å². The summed E-state index contributed by atoms with van der Waals surface area (Å²) in [5.41, 5.74) is 5.27. The van der Waals surface area contributed by atoms with E-state index in [0.29, 0.717) is 29.7 Å². The molecule has 2 saturated heterocycles. The molecule has 210 valence electrons. The van der Waals surface area contributed by atoms with Crippen LogP contribution in [0.3, 0.4) is 0 Å². The number of hydrogen-bond acceptors (Lipinski definition) is 6. The third-order valence-corrected chi connectivity index (χ3v) is 9.25. The normalized spacial score (nSPS) is 17.1. The molecule has 4 aromatic rings. The average Bonchev–Trinajstić information content (AvgIpc) is 3.74. The number of fused-ring (bicyclic) bond motifs is 1. The quantitative estimate of drug-likeness (QED) is 0.258. The minimum absolute atomic E-state index is 0.0124. The first-order chi connectivity index (χ1) is 19.9. The molecule has 7 nitrogen and oxygen atoms in total. The molecule has 0 saturated carbocycles. The van der Waals surface area contributed by atoms with Crippen molar-refractivity contribution < 1.29 is 19.1 Å². The molecule has 3 heterocycles. The second-order valence-corrected chi connectivity index (χ2v) is 11.9. The Morgan fingerprint density at radius 1 is 1.05 bits per heavy atom. The molecule has 41 heavy (non-hydrogen) atoms. The lowest BCUT2D eigenvalue weighted by Gasteiger charge is -2.17. The van der Waals surface area contributed by atoms with Gasteiger partial charge in [-0.25, -0.2) is 0 Å². The maximum atomic E-state index is 14.1. The van der Waals surface area contributed by atoms with Crippen molar-refractivity contribution in [1.82, 2.24) is 10.2 Å². The molecule has 1 aromatic heterocycles. The van der Waals surface area contributed by atoms with Gasteiger partial charge in [0.15, 0.2) is 5.78 Å². The first kappa shape index (κ1) is 27.2. The Kier molecular flexibility index (Phi) is 7.60. The molecule has 0 radical (unpaired) electrons. The van der Waals surface area contributed by atoms with Gasteiger partial charge in [-0.1, -0.05) is 24.3 Å². The fraction of sp³-hybridized carbons (Fsp3) is 0.303. The second kappa shape index (κ2) is 11.5. The first-order valence-corrected chi connectivity index (χ1v) is 14.9. The van der Waals surface area contributed by atoms with Gasteiger partial charge in [0.1, 0.15) is 11.8 Å². The minimum Gasteiger partial charge on any atom is -0.497 e. The lowest BCUT2D eigenvalue weighted by Crippen LogP contribution is -2.37. The fourth-order valence-electron chi connectivity index (χ4n) is 5.72. The molecule has 2 fully saturated rings. The van der Waals surface area contributed by atoms with Crippen molar-refractivity contribution in [2.45, 2.75) is 45.2 Å². The van der Waals surface area contributed by atoms with Crippen LogP contribution in [-0.2, 0) is 16.1 Å². The maximum absolute atomic E-state index is 14.1. The zero-order chi connectivity index (χ0) is 28.5. The Bertz CT molecular complexity index is 1640. The van der Waals surface area contributed by atoms with E-state index in [1.165, 1.54) is 18.4 Å². The van der Waals surface area contributed by atoms with Crippen LogP contribution in [0.1, 0.15) is 52.7 Å². The Labute approximate surface area is 243 Å². The molecule has 0 bridgehead atoms. The van der Waals surface area contributed by atoms with E-state index in [9.17, 15) is 14.4 Å². The van der Waals surface area contributed by atoms with Gasteiger partial charge in [-0.2, -0.15) is 0 Å². The largest absolute Gasteiger partial charge is 0.497 e. The van der Waals surface area contributed by atoms with Crippen LogP contribution in [0.5, 0.6) is 5.75 Å². The second-order valence-electron chi connectivity index (χ2n) is 10.8. The maximum Gasteiger partial charge on any atom is 0.246 e. The smallest absolute Gasteiger partial charge is 0.246 e. The number of ether oxygens (including phenoxy) is 1. The SMILES string of the molecule is COc1ccc2c(C(=O)c3ccc(CN4CCCC4)c(C)c3)c(-c3ccc(NC(=O)C4CCC(=O)N4)cc3)sc2c1. The van der Waals surface area contributed by atoms with Crippen molar-refractivity contribution in [3.8, 4) is 16.2 Å². The van der Waals surface area contributed by atoms with Crippen LogP contribution in [0.25, 0.3) is 20.5 Å². The molecule has 2 aliphatic rings. The minimum atomic E-state index is -0.505. The molecule has 1 atom stereocenters. The third-order valence-electron chi connectivity index (χ3n) is 8.05. The predicted octanol–water partition coefficient (Wildman–Crippen LogP) is 5.93. The van der Waals surface area contributed by atoms with Crippen LogP contribution < -0.4 is 15.4 Å². The van der Waals surface area contributed by atoms with E-state index in [2.05, 4.69) is 28.5 Å². The highest BCUT2D eigenvalue weighted by atomic mass is 32.1. The molecule has 1 unspecified atom stereocenters. The van der Waals surface area contributed by atoms with Crippen molar-refractivity contribution in [3.05, 3.63) is 82.9 Å². The lowest BCUT2D eigenvalue weighted by atomic mass is 9.95. The number of hydrogen-bond donors (Lipinski definition) is 2. The molecule has 3 aromatic carbocycles. The molecule has 2 aliphatic heterocycles. The molecule has 2 N–H and O–H groups in total. The number of thiophene rings is 1. The molecule has 2 amide bonds. The number of ketones is 1. The molecular weight excluding hydrogens is 534 g/mol. The number of rotatable bonds is 8. The van der Waals surface area contributed by atoms with Crippen molar-refractivity contribution in [2.24, 2.45) is 0 Å². The number of nitrogens with one attached hydrogen (secondary N) is 2. The fourth-order valence-corrected chi connectivity index (χ4v) is 6.95. The van der Waals surface area contributed by atoms with Crippen LogP contribution in [0.4, 0.5) is 5.69 Å². The first-order valence-electron chi connectivity index (χ1n) is 14.1. The Morgan fingerprint density at radius 3 is 2.51 bits per heavy atom. The van der Waals surface area contributed by atoms with E-state index in [1.807, 2.05) is 54.6 Å². The Hall–Kier alpha value is -4.01. The molecular formula is C33H33N3O4S. The molecule has 0 spiro atoms. The van der Waals surface area contributed by atoms with Crippen molar-refractivity contribution >= 4 is 44.7 Å². The Balaban J connectivity index is 1.32. The topological polar surface area (TPSA) is 87.7 Å². The summed E-state index contributed by atoms with van der Waals surface area (Å²) in [6.07, 6.45) is 3.37. The standard InChI is InChI=1S/C33H33N3O4S/c1-20-17-22(5-6-23(20)19-36-15-3-4-16-36)31(38)30-26-12-11-25(40-2)18-28(26)41-32(30)21-7-9-24(10-8-21)34-33(39)27-13-14-29(37)35-27/h5-12,17-18,27H,3-4,13-16,19H2,1-2H3,(H,34,39)(H,35,37). The Morgan fingerprint density at radius 2 is 1.83 bits per heavy atom. The van der Waals surface area contributed by atoms with Crippen LogP contribution in [-0.4, -0.2) is 48.7 Å². The van der Waals surface area contributed by atoms with Gasteiger partial charge in [-0.15, -0.1) is 11.3 Å². The zero-order valence-electron chi connectivity index (χ0n) is 23.3. The number of aryl methyl sites for hydroxylation is 1. The number of amides is 2. The van der Waals surface area contributed by atoms with Crippen LogP contribution in [0.2, 0.25) is 0 Å². The highest BCUT2D eigenvalue weighted by Crippen LogP contribution is 2.41. The van der Waals surface area contributed by atoms with Gasteiger partial charge in [0.05, 0.1) is 7.11 Å². The lowest BCUT2D eigenvalue weighted by molar-refractivity contribution is -0.122. The van der Waals surface area contributed by atoms with Gasteiger partial charge in [-0.05, 0) is 92.4 Å². The number of benzene rings is 3. The summed E-state index contributed by atoms with van der Waals surface area (Å²) >= 11 is 1.56. The zero-order valence-corrected chi connectivity index (χ0v) is 24.1. The number of likely N-dealkylation sites (tertiary alicyclic amines) is 1.